The number of hydrogen-bond donors (Lipinski definition) is 1. The molecule has 1 aliphatic rings. The molecule has 196 valence electrons. The predicted octanol–water partition coefficient (Wildman–Crippen LogP) is 6.55. The van der Waals surface area contributed by atoms with Crippen LogP contribution in [0.2, 0.25) is 0 Å². The summed E-state index contributed by atoms with van der Waals surface area (Å²) < 4.78 is 98.5. The fourth-order valence-electron chi connectivity index (χ4n) is 4.38. The quantitative estimate of drug-likeness (QED) is 0.353. The molecule has 0 unspecified atom stereocenters. The number of alkyl halides is 5. The Labute approximate surface area is 206 Å². The van der Waals surface area contributed by atoms with Gasteiger partial charge < -0.3 is 4.57 Å². The molecule has 1 aromatic carbocycles. The molecule has 2 aromatic heterocycles. The predicted molar refractivity (Wildman–Crippen MR) is 128 cm³/mol. The first-order valence-electron chi connectivity index (χ1n) is 11.6. The highest BCUT2D eigenvalue weighted by Crippen LogP contribution is 2.39. The van der Waals surface area contributed by atoms with Gasteiger partial charge in [0.05, 0.1) is 16.5 Å². The molecule has 36 heavy (non-hydrogen) atoms. The van der Waals surface area contributed by atoms with Crippen LogP contribution in [0.1, 0.15) is 57.2 Å². The van der Waals surface area contributed by atoms with E-state index in [0.29, 0.717) is 19.4 Å². The monoisotopic (exact) mass is 529 g/mol. The molecule has 5 nitrogen and oxygen atoms in total. The highest BCUT2D eigenvalue weighted by molar-refractivity contribution is 7.90. The molecule has 11 heteroatoms. The van der Waals surface area contributed by atoms with Gasteiger partial charge in [-0.3, -0.25) is 0 Å². The summed E-state index contributed by atoms with van der Waals surface area (Å²) in [6, 6.07) is 6.00. The highest BCUT2D eigenvalue weighted by Gasteiger charge is 2.38. The topological polar surface area (TPSA) is 64.0 Å². The largest absolute Gasteiger partial charge is 0.417 e. The van der Waals surface area contributed by atoms with Crippen LogP contribution in [0.5, 0.6) is 0 Å². The number of nitrogens with zero attached hydrogens (tertiary/aromatic N) is 2. The Balaban J connectivity index is 1.87. The van der Waals surface area contributed by atoms with E-state index >= 15 is 0 Å². The molecule has 4 rings (SSSR count). The van der Waals surface area contributed by atoms with Crippen molar-refractivity contribution in [2.75, 3.05) is 0 Å². The molecule has 0 amide bonds. The number of sulfonamides is 1. The van der Waals surface area contributed by atoms with Gasteiger partial charge in [-0.2, -0.15) is 13.2 Å². The second kappa shape index (κ2) is 9.41. The van der Waals surface area contributed by atoms with Crippen LogP contribution in [0.4, 0.5) is 22.0 Å². The number of pyridine rings is 1. The van der Waals surface area contributed by atoms with E-state index in [9.17, 15) is 30.4 Å². The number of benzene rings is 1. The molecular weight excluding hydrogens is 501 g/mol. The molecule has 0 aliphatic heterocycles. The maximum Gasteiger partial charge on any atom is 0.417 e. The first-order valence-corrected chi connectivity index (χ1v) is 13.2. The van der Waals surface area contributed by atoms with E-state index in [2.05, 4.69) is 9.71 Å². The van der Waals surface area contributed by atoms with Crippen molar-refractivity contribution in [2.45, 2.75) is 70.5 Å². The molecule has 1 atom stereocenters. The zero-order valence-electron chi connectivity index (χ0n) is 20.1. The maximum absolute atomic E-state index is 14.2. The van der Waals surface area contributed by atoms with Gasteiger partial charge in [-0.1, -0.05) is 45.4 Å². The van der Waals surface area contributed by atoms with Gasteiger partial charge in [0.15, 0.2) is 0 Å². The summed E-state index contributed by atoms with van der Waals surface area (Å²) in [5.41, 5.74) is -1.02. The molecule has 0 saturated heterocycles. The lowest BCUT2D eigenvalue weighted by atomic mass is 9.97. The van der Waals surface area contributed by atoms with Gasteiger partial charge in [-0.25, -0.2) is 26.9 Å². The molecule has 2 heterocycles. The Morgan fingerprint density at radius 1 is 1.08 bits per heavy atom. The van der Waals surface area contributed by atoms with Gasteiger partial charge in [0.2, 0.25) is 10.0 Å². The molecule has 0 spiro atoms. The number of nitrogens with one attached hydrogen (secondary N) is 1. The van der Waals surface area contributed by atoms with Crippen LogP contribution in [-0.4, -0.2) is 29.6 Å². The Bertz CT molecular complexity index is 1360. The van der Waals surface area contributed by atoms with Crippen LogP contribution >= 0.6 is 0 Å². The first-order chi connectivity index (χ1) is 16.7. The Hall–Kier alpha value is -2.53. The van der Waals surface area contributed by atoms with E-state index in [0.717, 1.165) is 12.5 Å². The summed E-state index contributed by atoms with van der Waals surface area (Å²) in [6.07, 6.45) is -4.66. The van der Waals surface area contributed by atoms with Crippen molar-refractivity contribution in [3.63, 3.8) is 0 Å². The first kappa shape index (κ1) is 26.5. The van der Waals surface area contributed by atoms with Crippen LogP contribution in [-0.2, 0) is 22.7 Å². The van der Waals surface area contributed by atoms with Crippen molar-refractivity contribution >= 4 is 21.1 Å². The molecule has 0 bridgehead atoms. The molecule has 1 aliphatic carbocycles. The zero-order chi connectivity index (χ0) is 26.5. The van der Waals surface area contributed by atoms with E-state index in [1.54, 1.807) is 4.57 Å². The van der Waals surface area contributed by atoms with Gasteiger partial charge in [0, 0.05) is 29.3 Å². The zero-order valence-corrected chi connectivity index (χ0v) is 20.9. The van der Waals surface area contributed by atoms with Gasteiger partial charge >= 0.3 is 6.18 Å². The summed E-state index contributed by atoms with van der Waals surface area (Å²) >= 11 is 0. The van der Waals surface area contributed by atoms with Crippen molar-refractivity contribution in [3.05, 3.63) is 53.7 Å². The summed E-state index contributed by atoms with van der Waals surface area (Å²) in [5.74, 6) is 0. The lowest BCUT2D eigenvalue weighted by molar-refractivity contribution is -0.137. The van der Waals surface area contributed by atoms with Crippen LogP contribution in [0, 0.1) is 5.41 Å². The lowest BCUT2D eigenvalue weighted by Crippen LogP contribution is -2.42. The standard InChI is InChI=1S/C25H28F5N3O2S/c1-24(2,3)14-33-13-18(21(22(26)27)32-36(34,35)15-7-6-8-15)16-11-12-20(31-23(16)33)17-9-4-5-10-19(17)25(28,29)30/h4-5,9-13,15,21-22,32H,6-8,14H2,1-3H3/t21-/m0/s1. The van der Waals surface area contributed by atoms with Crippen molar-refractivity contribution in [1.82, 2.24) is 14.3 Å². The van der Waals surface area contributed by atoms with Gasteiger partial charge in [-0.05, 0) is 36.5 Å². The van der Waals surface area contributed by atoms with Gasteiger partial charge in [0.1, 0.15) is 11.7 Å². The third-order valence-electron chi connectivity index (χ3n) is 6.28. The third-order valence-corrected chi connectivity index (χ3v) is 8.21. The number of fused-ring (bicyclic) bond motifs is 1. The number of halogens is 5. The summed E-state index contributed by atoms with van der Waals surface area (Å²) in [6.45, 7) is 6.09. The molecule has 1 fully saturated rings. The molecule has 1 saturated carbocycles. The van der Waals surface area contributed by atoms with Gasteiger partial charge in [-0.15, -0.1) is 0 Å². The highest BCUT2D eigenvalue weighted by atomic mass is 32.2. The third kappa shape index (κ3) is 5.41. The number of aromatic nitrogens is 2. The lowest BCUT2D eigenvalue weighted by Gasteiger charge is -2.28. The van der Waals surface area contributed by atoms with E-state index < -0.39 is 39.5 Å². The van der Waals surface area contributed by atoms with Crippen LogP contribution in [0.15, 0.2) is 42.6 Å². The Kier molecular flexibility index (Phi) is 6.93. The second-order valence-electron chi connectivity index (χ2n) is 10.4. The van der Waals surface area contributed by atoms with Crippen molar-refractivity contribution in [1.29, 1.82) is 0 Å². The van der Waals surface area contributed by atoms with E-state index in [-0.39, 0.29) is 33.3 Å². The van der Waals surface area contributed by atoms with E-state index in [1.807, 2.05) is 20.8 Å². The fraction of sp³-hybridized carbons (Fsp3) is 0.480. The second-order valence-corrected chi connectivity index (χ2v) is 12.4. The van der Waals surface area contributed by atoms with Crippen LogP contribution < -0.4 is 4.72 Å². The van der Waals surface area contributed by atoms with Crippen LogP contribution in [0.3, 0.4) is 0 Å². The average Bonchev–Trinajstić information content (AvgIpc) is 3.05. The normalized spacial score (nSPS) is 16.5. The SMILES string of the molecule is CC(C)(C)Cn1cc([C@H](NS(=O)(=O)C2CCC2)C(F)F)c2ccc(-c3ccccc3C(F)(F)F)nc21. The fourth-order valence-corrected chi connectivity index (χ4v) is 6.11. The summed E-state index contributed by atoms with van der Waals surface area (Å²) in [5, 5.41) is -0.445. The molecule has 1 N–H and O–H groups in total. The van der Waals surface area contributed by atoms with Crippen molar-refractivity contribution in [2.24, 2.45) is 5.41 Å². The number of rotatable bonds is 7. The van der Waals surface area contributed by atoms with E-state index in [4.69, 9.17) is 0 Å². The van der Waals surface area contributed by atoms with Crippen molar-refractivity contribution < 1.29 is 30.4 Å². The average molecular weight is 530 g/mol. The van der Waals surface area contributed by atoms with Gasteiger partial charge in [0.25, 0.3) is 6.43 Å². The van der Waals surface area contributed by atoms with Crippen molar-refractivity contribution in [3.8, 4) is 11.3 Å². The summed E-state index contributed by atoms with van der Waals surface area (Å²) in [7, 11) is -3.97. The summed E-state index contributed by atoms with van der Waals surface area (Å²) in [4.78, 5) is 4.47. The maximum atomic E-state index is 14.2. The molecule has 0 radical (unpaired) electrons. The van der Waals surface area contributed by atoms with E-state index in [1.165, 1.54) is 36.5 Å². The minimum Gasteiger partial charge on any atom is -0.332 e. The Morgan fingerprint density at radius 3 is 2.31 bits per heavy atom. The smallest absolute Gasteiger partial charge is 0.332 e. The minimum atomic E-state index is -4.60. The van der Waals surface area contributed by atoms with Crippen LogP contribution in [0.25, 0.3) is 22.3 Å². The number of hydrogen-bond acceptors (Lipinski definition) is 3. The molecular formula is C25H28F5N3O2S. The Morgan fingerprint density at radius 2 is 1.75 bits per heavy atom. The minimum absolute atomic E-state index is 0.0373. The molecule has 3 aromatic rings.